The molecule has 0 rings (SSSR count). The Labute approximate surface area is 72.4 Å². The van der Waals surface area contributed by atoms with Gasteiger partial charge in [0, 0.05) is 7.05 Å². The smallest absolute Gasteiger partial charge is 0.144 e. The molecule has 0 aliphatic carbocycles. The molecule has 0 amide bonds. The van der Waals surface area contributed by atoms with Crippen molar-refractivity contribution in [2.24, 2.45) is 21.5 Å². The highest BCUT2D eigenvalue weighted by molar-refractivity contribution is 5.98. The third-order valence-corrected chi connectivity index (χ3v) is 1.37. The molecule has 0 radical (unpaired) electrons. The van der Waals surface area contributed by atoms with Crippen LogP contribution in [0.4, 0.5) is 0 Å². The fraction of sp³-hybridized carbons (Fsp3) is 0.250. The van der Waals surface area contributed by atoms with Crippen LogP contribution in [0.25, 0.3) is 0 Å². The predicted octanol–water partition coefficient (Wildman–Crippen LogP) is 0.420. The highest BCUT2D eigenvalue weighted by atomic mass is 14.9. The van der Waals surface area contributed by atoms with Crippen LogP contribution in [-0.2, 0) is 0 Å². The van der Waals surface area contributed by atoms with Gasteiger partial charge in [-0.05, 0) is 12.5 Å². The van der Waals surface area contributed by atoms with Gasteiger partial charge in [0.1, 0.15) is 11.5 Å². The first-order chi connectivity index (χ1) is 5.67. The molecule has 4 heteroatoms. The predicted molar refractivity (Wildman–Crippen MR) is 53.1 cm³/mol. The van der Waals surface area contributed by atoms with Gasteiger partial charge in [-0.1, -0.05) is 12.7 Å². The van der Waals surface area contributed by atoms with Crippen LogP contribution in [0.5, 0.6) is 0 Å². The summed E-state index contributed by atoms with van der Waals surface area (Å²) in [7, 11) is 1.59. The second-order valence-electron chi connectivity index (χ2n) is 2.12. The Bertz CT molecular complexity index is 248. The highest BCUT2D eigenvalue weighted by Gasteiger charge is 2.01. The van der Waals surface area contributed by atoms with Crippen LogP contribution in [0, 0.1) is 0 Å². The van der Waals surface area contributed by atoms with E-state index in [4.69, 9.17) is 11.5 Å². The van der Waals surface area contributed by atoms with Crippen molar-refractivity contribution in [2.75, 3.05) is 7.05 Å². The van der Waals surface area contributed by atoms with Gasteiger partial charge in [-0.2, -0.15) is 0 Å². The molecule has 0 saturated carbocycles. The summed E-state index contributed by atoms with van der Waals surface area (Å²) in [6.07, 6.45) is 2.83. The Morgan fingerprint density at radius 1 is 1.50 bits per heavy atom. The molecule has 0 saturated heterocycles. The second kappa shape index (κ2) is 5.12. The zero-order chi connectivity index (χ0) is 9.56. The monoisotopic (exact) mass is 166 g/mol. The summed E-state index contributed by atoms with van der Waals surface area (Å²) in [5.41, 5.74) is 12.1. The lowest BCUT2D eigenvalue weighted by Crippen LogP contribution is -2.15. The number of allylic oxidation sites excluding steroid dienone is 2. The summed E-state index contributed by atoms with van der Waals surface area (Å²) in [6, 6.07) is 0. The molecular formula is C8H14N4. The molecule has 4 N–H and O–H groups in total. The number of rotatable bonds is 3. The van der Waals surface area contributed by atoms with E-state index in [1.54, 1.807) is 13.1 Å². The number of hydrogen-bond donors (Lipinski definition) is 2. The van der Waals surface area contributed by atoms with Gasteiger partial charge in [0.2, 0.25) is 0 Å². The molecule has 0 heterocycles. The lowest BCUT2D eigenvalue weighted by Gasteiger charge is -2.01. The standard InChI is InChI=1S/C8H14N4/c1-4-6(2)7(12-5-9)8(10)11-3/h4-5H,1H2,2-3H3,(H2,9,12)(H2,10,11)/b7-6-. The van der Waals surface area contributed by atoms with Crippen molar-refractivity contribution in [3.8, 4) is 0 Å². The van der Waals surface area contributed by atoms with E-state index < -0.39 is 0 Å². The third kappa shape index (κ3) is 2.57. The first-order valence-electron chi connectivity index (χ1n) is 3.47. The van der Waals surface area contributed by atoms with E-state index in [0.717, 1.165) is 5.57 Å². The highest BCUT2D eigenvalue weighted by Crippen LogP contribution is 2.05. The van der Waals surface area contributed by atoms with Crippen molar-refractivity contribution in [1.82, 2.24) is 0 Å². The SMILES string of the molecule is C=C/C(C)=C(\N=CN)C(N)=NC. The number of nitrogens with zero attached hydrogens (tertiary/aromatic N) is 2. The van der Waals surface area contributed by atoms with Crippen molar-refractivity contribution >= 4 is 12.2 Å². The maximum Gasteiger partial charge on any atom is 0.144 e. The van der Waals surface area contributed by atoms with Crippen molar-refractivity contribution < 1.29 is 0 Å². The molecule has 0 fully saturated rings. The molecular weight excluding hydrogens is 152 g/mol. The molecule has 66 valence electrons. The molecule has 0 bridgehead atoms. The van der Waals surface area contributed by atoms with Crippen LogP contribution >= 0.6 is 0 Å². The minimum Gasteiger partial charge on any atom is -0.390 e. The lowest BCUT2D eigenvalue weighted by atomic mass is 10.2. The summed E-state index contributed by atoms with van der Waals surface area (Å²) in [5, 5.41) is 0. The van der Waals surface area contributed by atoms with Crippen molar-refractivity contribution in [1.29, 1.82) is 0 Å². The van der Waals surface area contributed by atoms with Crippen LogP contribution < -0.4 is 11.5 Å². The molecule has 0 aromatic carbocycles. The van der Waals surface area contributed by atoms with Crippen molar-refractivity contribution in [3.63, 3.8) is 0 Å². The summed E-state index contributed by atoms with van der Waals surface area (Å²) < 4.78 is 0. The number of nitrogens with two attached hydrogens (primary N) is 2. The van der Waals surface area contributed by atoms with Gasteiger partial charge < -0.3 is 11.5 Å². The van der Waals surface area contributed by atoms with Gasteiger partial charge in [0.15, 0.2) is 0 Å². The quantitative estimate of drug-likeness (QED) is 0.362. The van der Waals surface area contributed by atoms with Gasteiger partial charge in [-0.15, -0.1) is 0 Å². The molecule has 0 aromatic rings. The summed E-state index contributed by atoms with van der Waals surface area (Å²) in [6.45, 7) is 5.44. The van der Waals surface area contributed by atoms with Gasteiger partial charge >= 0.3 is 0 Å². The minimum absolute atomic E-state index is 0.356. The maximum atomic E-state index is 5.55. The molecule has 12 heavy (non-hydrogen) atoms. The fourth-order valence-corrected chi connectivity index (χ4v) is 0.647. The van der Waals surface area contributed by atoms with Gasteiger partial charge in [-0.25, -0.2) is 4.99 Å². The third-order valence-electron chi connectivity index (χ3n) is 1.37. The average molecular weight is 166 g/mol. The molecule has 4 nitrogen and oxygen atoms in total. The molecule has 0 aliphatic heterocycles. The fourth-order valence-electron chi connectivity index (χ4n) is 0.647. The zero-order valence-electron chi connectivity index (χ0n) is 7.41. The van der Waals surface area contributed by atoms with E-state index in [2.05, 4.69) is 16.6 Å². The Morgan fingerprint density at radius 3 is 2.42 bits per heavy atom. The molecule has 0 unspecified atom stereocenters. The normalized spacial score (nSPS) is 14.7. The van der Waals surface area contributed by atoms with Gasteiger partial charge in [-0.3, -0.25) is 4.99 Å². The molecule has 0 aromatic heterocycles. The maximum absolute atomic E-state index is 5.55. The van der Waals surface area contributed by atoms with E-state index in [0.29, 0.717) is 11.5 Å². The number of aliphatic imine (C=N–C) groups is 2. The van der Waals surface area contributed by atoms with Crippen LogP contribution in [0.1, 0.15) is 6.92 Å². The van der Waals surface area contributed by atoms with E-state index in [-0.39, 0.29) is 0 Å². The van der Waals surface area contributed by atoms with E-state index in [1.165, 1.54) is 6.34 Å². The van der Waals surface area contributed by atoms with Crippen molar-refractivity contribution in [2.45, 2.75) is 6.92 Å². The van der Waals surface area contributed by atoms with Crippen LogP contribution in [-0.4, -0.2) is 19.2 Å². The molecule has 0 atom stereocenters. The van der Waals surface area contributed by atoms with Crippen LogP contribution in [0.3, 0.4) is 0 Å². The van der Waals surface area contributed by atoms with E-state index >= 15 is 0 Å². The first kappa shape index (κ1) is 10.4. The Kier molecular flexibility index (Phi) is 4.45. The second-order valence-corrected chi connectivity index (χ2v) is 2.12. The summed E-state index contributed by atoms with van der Waals surface area (Å²) in [4.78, 5) is 7.67. The Balaban J connectivity index is 5.04. The largest absolute Gasteiger partial charge is 0.390 e. The minimum atomic E-state index is 0.356. The average Bonchev–Trinajstić information content (AvgIpc) is 2.11. The van der Waals surface area contributed by atoms with Crippen LogP contribution in [0.15, 0.2) is 33.9 Å². The Morgan fingerprint density at radius 2 is 2.08 bits per heavy atom. The number of hydrogen-bond acceptors (Lipinski definition) is 2. The van der Waals surface area contributed by atoms with Gasteiger partial charge in [0.05, 0.1) is 6.34 Å². The van der Waals surface area contributed by atoms with E-state index in [1.807, 2.05) is 6.92 Å². The summed E-state index contributed by atoms with van der Waals surface area (Å²) >= 11 is 0. The van der Waals surface area contributed by atoms with Gasteiger partial charge in [0.25, 0.3) is 0 Å². The first-order valence-corrected chi connectivity index (χ1v) is 3.47. The Hall–Kier alpha value is -1.58. The van der Waals surface area contributed by atoms with E-state index in [9.17, 15) is 0 Å². The van der Waals surface area contributed by atoms with Crippen molar-refractivity contribution in [3.05, 3.63) is 23.9 Å². The lowest BCUT2D eigenvalue weighted by molar-refractivity contribution is 1.29. The summed E-state index contributed by atoms with van der Waals surface area (Å²) in [5.74, 6) is 0.356. The zero-order valence-corrected chi connectivity index (χ0v) is 7.41. The topological polar surface area (TPSA) is 76.8 Å². The number of amidine groups is 1. The molecule has 0 spiro atoms. The van der Waals surface area contributed by atoms with Crippen LogP contribution in [0.2, 0.25) is 0 Å². The molecule has 0 aliphatic rings.